The first kappa shape index (κ1) is 15.1. The van der Waals surface area contributed by atoms with E-state index >= 15 is 0 Å². The van der Waals surface area contributed by atoms with Gasteiger partial charge in [0.15, 0.2) is 0 Å². The van der Waals surface area contributed by atoms with Gasteiger partial charge in [-0.25, -0.2) is 13.6 Å². The van der Waals surface area contributed by atoms with Crippen molar-refractivity contribution >= 4 is 5.97 Å². The van der Waals surface area contributed by atoms with Crippen LogP contribution >= 0.6 is 0 Å². The fraction of sp³-hybridized carbons (Fsp3) is 0.188. The molecule has 1 atom stereocenters. The van der Waals surface area contributed by atoms with Crippen LogP contribution in [-0.2, 0) is 16.9 Å². The second-order valence-corrected chi connectivity index (χ2v) is 4.89. The molecule has 0 fully saturated rings. The number of benzene rings is 2. The maximum atomic E-state index is 13.9. The summed E-state index contributed by atoms with van der Waals surface area (Å²) in [6, 6.07) is 11.9. The predicted molar refractivity (Wildman–Crippen MR) is 74.6 cm³/mol. The van der Waals surface area contributed by atoms with Gasteiger partial charge < -0.3 is 5.11 Å². The van der Waals surface area contributed by atoms with Gasteiger partial charge in [0, 0.05) is 12.1 Å². The van der Waals surface area contributed by atoms with E-state index in [9.17, 15) is 18.7 Å². The number of carboxylic acids is 1. The highest BCUT2D eigenvalue weighted by Gasteiger charge is 2.37. The van der Waals surface area contributed by atoms with Crippen molar-refractivity contribution in [3.05, 3.63) is 71.3 Å². The molecule has 2 aromatic carbocycles. The smallest absolute Gasteiger partial charge is 0.328 e. The number of carbonyl (C=O) groups is 1. The van der Waals surface area contributed by atoms with E-state index in [1.165, 1.54) is 6.92 Å². The molecule has 2 aromatic rings. The Balaban J connectivity index is 2.32. The molecule has 3 nitrogen and oxygen atoms in total. The Morgan fingerprint density at radius 1 is 1.19 bits per heavy atom. The molecule has 110 valence electrons. The van der Waals surface area contributed by atoms with Gasteiger partial charge in [0.05, 0.1) is 0 Å². The molecule has 21 heavy (non-hydrogen) atoms. The lowest BCUT2D eigenvalue weighted by molar-refractivity contribution is -0.144. The van der Waals surface area contributed by atoms with Crippen LogP contribution in [0.1, 0.15) is 18.1 Å². The van der Waals surface area contributed by atoms with Gasteiger partial charge in [0.25, 0.3) is 0 Å². The number of carboxylic acid groups (broad SMARTS) is 1. The van der Waals surface area contributed by atoms with E-state index < -0.39 is 23.1 Å². The number of halogens is 2. The van der Waals surface area contributed by atoms with E-state index in [4.69, 9.17) is 0 Å². The Morgan fingerprint density at radius 2 is 1.86 bits per heavy atom. The van der Waals surface area contributed by atoms with Crippen molar-refractivity contribution in [1.29, 1.82) is 0 Å². The molecule has 0 aromatic heterocycles. The van der Waals surface area contributed by atoms with Crippen LogP contribution in [0.5, 0.6) is 0 Å². The predicted octanol–water partition coefficient (Wildman–Crippen LogP) is 3.05. The minimum absolute atomic E-state index is 0.222. The van der Waals surface area contributed by atoms with E-state index in [-0.39, 0.29) is 12.1 Å². The van der Waals surface area contributed by atoms with Gasteiger partial charge in [-0.1, -0.05) is 30.3 Å². The van der Waals surface area contributed by atoms with Crippen molar-refractivity contribution in [3.63, 3.8) is 0 Å². The zero-order valence-corrected chi connectivity index (χ0v) is 11.4. The molecule has 0 bridgehead atoms. The highest BCUT2D eigenvalue weighted by Crippen LogP contribution is 2.25. The fourth-order valence-electron chi connectivity index (χ4n) is 2.04. The van der Waals surface area contributed by atoms with Crippen LogP contribution in [0, 0.1) is 11.6 Å². The van der Waals surface area contributed by atoms with Crippen LogP contribution in [0.2, 0.25) is 0 Å². The molecule has 0 spiro atoms. The highest BCUT2D eigenvalue weighted by molar-refractivity contribution is 5.80. The Kier molecular flexibility index (Phi) is 4.33. The summed E-state index contributed by atoms with van der Waals surface area (Å²) in [5, 5.41) is 12.2. The van der Waals surface area contributed by atoms with Gasteiger partial charge in [-0.2, -0.15) is 0 Å². The van der Waals surface area contributed by atoms with Crippen LogP contribution in [0.4, 0.5) is 8.78 Å². The van der Waals surface area contributed by atoms with Crippen LogP contribution < -0.4 is 5.32 Å². The van der Waals surface area contributed by atoms with Crippen molar-refractivity contribution in [2.24, 2.45) is 0 Å². The third-order valence-corrected chi connectivity index (χ3v) is 3.38. The van der Waals surface area contributed by atoms with Gasteiger partial charge in [0.2, 0.25) is 0 Å². The van der Waals surface area contributed by atoms with Gasteiger partial charge >= 0.3 is 5.97 Å². The average molecular weight is 291 g/mol. The SMILES string of the molecule is CC(NCc1ccccc1)(C(=O)O)c1cc(F)ccc1F. The monoisotopic (exact) mass is 291 g/mol. The standard InChI is InChI=1S/C16H15F2NO2/c1-16(15(20)21,13-9-12(17)7-8-14(13)18)19-10-11-5-3-2-4-6-11/h2-9,19H,10H2,1H3,(H,20,21). The second-order valence-electron chi connectivity index (χ2n) is 4.89. The van der Waals surface area contributed by atoms with Gasteiger partial charge in [-0.05, 0) is 30.7 Å². The lowest BCUT2D eigenvalue weighted by atomic mass is 9.91. The number of nitrogens with one attached hydrogen (secondary N) is 1. The fourth-order valence-corrected chi connectivity index (χ4v) is 2.04. The summed E-state index contributed by atoms with van der Waals surface area (Å²) in [7, 11) is 0. The average Bonchev–Trinajstić information content (AvgIpc) is 2.48. The maximum absolute atomic E-state index is 13.9. The largest absolute Gasteiger partial charge is 0.480 e. The van der Waals surface area contributed by atoms with Crippen molar-refractivity contribution in [1.82, 2.24) is 5.32 Å². The van der Waals surface area contributed by atoms with Crippen molar-refractivity contribution in [2.75, 3.05) is 0 Å². The Bertz CT molecular complexity index is 646. The van der Waals surface area contributed by atoms with Crippen LogP contribution in [0.25, 0.3) is 0 Å². The van der Waals surface area contributed by atoms with E-state index in [0.29, 0.717) is 0 Å². The summed E-state index contributed by atoms with van der Waals surface area (Å²) < 4.78 is 27.2. The molecule has 2 N–H and O–H groups in total. The number of hydrogen-bond acceptors (Lipinski definition) is 2. The number of aliphatic carboxylic acids is 1. The van der Waals surface area contributed by atoms with Crippen molar-refractivity contribution in [3.8, 4) is 0 Å². The first-order valence-electron chi connectivity index (χ1n) is 6.41. The minimum Gasteiger partial charge on any atom is -0.480 e. The summed E-state index contributed by atoms with van der Waals surface area (Å²) in [5.41, 5.74) is -1.10. The maximum Gasteiger partial charge on any atom is 0.328 e. The Hall–Kier alpha value is -2.27. The van der Waals surface area contributed by atoms with Gasteiger partial charge in [-0.15, -0.1) is 0 Å². The van der Waals surface area contributed by atoms with Crippen LogP contribution in [0.15, 0.2) is 48.5 Å². The van der Waals surface area contributed by atoms with Gasteiger partial charge in [-0.3, -0.25) is 5.32 Å². The highest BCUT2D eigenvalue weighted by atomic mass is 19.1. The normalized spacial score (nSPS) is 13.7. The zero-order valence-electron chi connectivity index (χ0n) is 11.4. The summed E-state index contributed by atoms with van der Waals surface area (Å²) in [4.78, 5) is 11.6. The van der Waals surface area contributed by atoms with E-state index in [0.717, 1.165) is 23.8 Å². The van der Waals surface area contributed by atoms with Crippen LogP contribution in [-0.4, -0.2) is 11.1 Å². The first-order valence-corrected chi connectivity index (χ1v) is 6.41. The third-order valence-electron chi connectivity index (χ3n) is 3.38. The van der Waals surface area contributed by atoms with Crippen molar-refractivity contribution < 1.29 is 18.7 Å². The molecule has 1 unspecified atom stereocenters. The van der Waals surface area contributed by atoms with E-state index in [2.05, 4.69) is 5.32 Å². The number of hydrogen-bond donors (Lipinski definition) is 2. The molecule has 0 heterocycles. The molecule has 0 aliphatic heterocycles. The summed E-state index contributed by atoms with van der Waals surface area (Å²) in [6.45, 7) is 1.54. The van der Waals surface area contributed by atoms with Crippen molar-refractivity contribution in [2.45, 2.75) is 19.0 Å². The lowest BCUT2D eigenvalue weighted by Crippen LogP contribution is -2.47. The summed E-state index contributed by atoms with van der Waals surface area (Å²) in [5.74, 6) is -2.72. The topological polar surface area (TPSA) is 49.3 Å². The lowest BCUT2D eigenvalue weighted by Gasteiger charge is -2.27. The molecule has 0 amide bonds. The quantitative estimate of drug-likeness (QED) is 0.890. The second kappa shape index (κ2) is 6.01. The molecule has 0 saturated carbocycles. The molecule has 0 radical (unpaired) electrons. The van der Waals surface area contributed by atoms with E-state index in [1.54, 1.807) is 0 Å². The first-order chi connectivity index (χ1) is 9.93. The van der Waals surface area contributed by atoms with E-state index in [1.807, 2.05) is 30.3 Å². The molecule has 5 heteroatoms. The molecular formula is C16H15F2NO2. The van der Waals surface area contributed by atoms with Gasteiger partial charge in [0.1, 0.15) is 17.2 Å². The summed E-state index contributed by atoms with van der Waals surface area (Å²) >= 11 is 0. The molecule has 0 aliphatic rings. The third kappa shape index (κ3) is 3.25. The molecule has 0 saturated heterocycles. The summed E-state index contributed by atoms with van der Waals surface area (Å²) in [6.07, 6.45) is 0. The minimum atomic E-state index is -1.72. The van der Waals surface area contributed by atoms with Crippen LogP contribution in [0.3, 0.4) is 0 Å². The Morgan fingerprint density at radius 3 is 2.48 bits per heavy atom. The Labute approximate surface area is 121 Å². The molecule has 2 rings (SSSR count). The zero-order chi connectivity index (χ0) is 15.5. The molecular weight excluding hydrogens is 276 g/mol. The number of rotatable bonds is 5. The molecule has 0 aliphatic carbocycles.